The number of nitrogens with zero attached hydrogens (tertiary/aromatic N) is 4. The molecule has 0 spiro atoms. The van der Waals surface area contributed by atoms with Crippen LogP contribution in [0.2, 0.25) is 0 Å². The summed E-state index contributed by atoms with van der Waals surface area (Å²) in [5.41, 5.74) is 1.78. The summed E-state index contributed by atoms with van der Waals surface area (Å²) in [6, 6.07) is 16.6. The van der Waals surface area contributed by atoms with Crippen molar-refractivity contribution in [2.24, 2.45) is 0 Å². The van der Waals surface area contributed by atoms with Crippen LogP contribution in [-0.2, 0) is 10.0 Å². The van der Waals surface area contributed by atoms with E-state index >= 15 is 0 Å². The van der Waals surface area contributed by atoms with Gasteiger partial charge in [-0.2, -0.15) is 4.31 Å². The Labute approximate surface area is 154 Å². The summed E-state index contributed by atoms with van der Waals surface area (Å²) < 4.78 is 29.2. The number of aromatic nitrogens is 3. The van der Waals surface area contributed by atoms with Crippen molar-refractivity contribution < 1.29 is 8.42 Å². The van der Waals surface area contributed by atoms with Gasteiger partial charge in [0.15, 0.2) is 0 Å². The minimum atomic E-state index is -3.49. The molecule has 1 saturated heterocycles. The van der Waals surface area contributed by atoms with Gasteiger partial charge >= 0.3 is 0 Å². The van der Waals surface area contributed by atoms with Crippen LogP contribution in [0.15, 0.2) is 70.2 Å². The zero-order chi connectivity index (χ0) is 17.4. The first kappa shape index (κ1) is 16.4. The minimum absolute atomic E-state index is 0.00206. The van der Waals surface area contributed by atoms with Crippen LogP contribution in [0, 0.1) is 0 Å². The average Bonchev–Trinajstić information content (AvgIpc) is 3.04. The topological polar surface area (TPSA) is 68.1 Å². The molecule has 0 atom stereocenters. The molecule has 4 rings (SSSR count). The van der Waals surface area contributed by atoms with Crippen LogP contribution in [0.1, 0.15) is 6.04 Å². The predicted molar refractivity (Wildman–Crippen MR) is 97.4 cm³/mol. The standard InChI is InChI=1S/C17H15BrN4O2S/c18-15-8-4-5-9-17(15)25(23,24)21-10-14(11-21)22-12-16(19-20-22)13-6-2-1-3-7-13/h1-9,12,14H,10-11H2. The molecule has 0 N–H and O–H groups in total. The summed E-state index contributed by atoms with van der Waals surface area (Å²) in [6.45, 7) is 0.780. The molecule has 0 saturated carbocycles. The molecule has 1 aromatic heterocycles. The Morgan fingerprint density at radius 1 is 1.00 bits per heavy atom. The molecular weight excluding hydrogens is 404 g/mol. The van der Waals surface area contributed by atoms with E-state index in [0.717, 1.165) is 11.3 Å². The lowest BCUT2D eigenvalue weighted by Gasteiger charge is -2.37. The van der Waals surface area contributed by atoms with Gasteiger partial charge in [-0.05, 0) is 28.1 Å². The van der Waals surface area contributed by atoms with E-state index in [2.05, 4.69) is 26.2 Å². The van der Waals surface area contributed by atoms with Crippen molar-refractivity contribution in [2.75, 3.05) is 13.1 Å². The Bertz CT molecular complexity index is 998. The molecule has 0 aliphatic carbocycles. The third-order valence-corrected chi connectivity index (χ3v) is 7.08. The van der Waals surface area contributed by atoms with Gasteiger partial charge in [-0.25, -0.2) is 13.1 Å². The zero-order valence-corrected chi connectivity index (χ0v) is 15.6. The van der Waals surface area contributed by atoms with Crippen molar-refractivity contribution in [1.82, 2.24) is 19.3 Å². The Morgan fingerprint density at radius 2 is 1.68 bits per heavy atom. The Morgan fingerprint density at radius 3 is 2.40 bits per heavy atom. The fraction of sp³-hybridized carbons (Fsp3) is 0.176. The third kappa shape index (κ3) is 3.01. The molecule has 3 aromatic rings. The summed E-state index contributed by atoms with van der Waals surface area (Å²) in [6.07, 6.45) is 1.86. The van der Waals surface area contributed by atoms with Gasteiger partial charge in [-0.15, -0.1) is 5.10 Å². The van der Waals surface area contributed by atoms with Gasteiger partial charge in [-0.1, -0.05) is 47.7 Å². The van der Waals surface area contributed by atoms with Crippen LogP contribution < -0.4 is 0 Å². The van der Waals surface area contributed by atoms with Gasteiger partial charge in [0.05, 0.1) is 17.1 Å². The highest BCUT2D eigenvalue weighted by Crippen LogP contribution is 2.31. The molecule has 8 heteroatoms. The summed E-state index contributed by atoms with van der Waals surface area (Å²) in [4.78, 5) is 0.289. The van der Waals surface area contributed by atoms with Crippen LogP contribution in [0.25, 0.3) is 11.3 Å². The Hall–Kier alpha value is -2.03. The normalized spacial score (nSPS) is 15.9. The summed E-state index contributed by atoms with van der Waals surface area (Å²) >= 11 is 3.31. The van der Waals surface area contributed by atoms with Crippen molar-refractivity contribution in [2.45, 2.75) is 10.9 Å². The number of benzene rings is 2. The first-order valence-corrected chi connectivity index (χ1v) is 10.0. The maximum Gasteiger partial charge on any atom is 0.244 e. The first-order valence-electron chi connectivity index (χ1n) is 7.77. The lowest BCUT2D eigenvalue weighted by Crippen LogP contribution is -2.50. The van der Waals surface area contributed by atoms with Crippen LogP contribution in [0.3, 0.4) is 0 Å². The molecule has 128 valence electrons. The second-order valence-electron chi connectivity index (χ2n) is 5.86. The van der Waals surface area contributed by atoms with Gasteiger partial charge in [-0.3, -0.25) is 0 Å². The largest absolute Gasteiger partial charge is 0.246 e. The molecule has 0 unspecified atom stereocenters. The van der Waals surface area contributed by atoms with E-state index in [1.165, 1.54) is 4.31 Å². The van der Waals surface area contributed by atoms with Gasteiger partial charge < -0.3 is 0 Å². The molecule has 6 nitrogen and oxygen atoms in total. The van der Waals surface area contributed by atoms with Gasteiger partial charge in [0.1, 0.15) is 5.69 Å². The summed E-state index contributed by atoms with van der Waals surface area (Å²) in [7, 11) is -3.49. The summed E-state index contributed by atoms with van der Waals surface area (Å²) in [5, 5.41) is 8.34. The molecule has 1 aliphatic rings. The zero-order valence-electron chi connectivity index (χ0n) is 13.2. The lowest BCUT2D eigenvalue weighted by molar-refractivity contribution is 0.189. The molecule has 2 heterocycles. The molecule has 25 heavy (non-hydrogen) atoms. The van der Waals surface area contributed by atoms with Crippen molar-refractivity contribution in [3.63, 3.8) is 0 Å². The van der Waals surface area contributed by atoms with Gasteiger partial charge in [0.2, 0.25) is 10.0 Å². The van der Waals surface area contributed by atoms with E-state index in [-0.39, 0.29) is 10.9 Å². The van der Waals surface area contributed by atoms with E-state index < -0.39 is 10.0 Å². The Kier molecular flexibility index (Phi) is 4.18. The fourth-order valence-electron chi connectivity index (χ4n) is 2.77. The second kappa shape index (κ2) is 6.36. The summed E-state index contributed by atoms with van der Waals surface area (Å²) in [5.74, 6) is 0. The number of halogens is 1. The highest BCUT2D eigenvalue weighted by molar-refractivity contribution is 9.10. The van der Waals surface area contributed by atoms with E-state index in [4.69, 9.17) is 0 Å². The molecule has 0 radical (unpaired) electrons. The quantitative estimate of drug-likeness (QED) is 0.652. The van der Waals surface area contributed by atoms with E-state index in [1.807, 2.05) is 36.5 Å². The smallest absolute Gasteiger partial charge is 0.244 e. The maximum absolute atomic E-state index is 12.7. The lowest BCUT2D eigenvalue weighted by atomic mass is 10.1. The van der Waals surface area contributed by atoms with E-state index in [9.17, 15) is 8.42 Å². The highest BCUT2D eigenvalue weighted by atomic mass is 79.9. The molecule has 2 aromatic carbocycles. The van der Waals surface area contributed by atoms with Crippen LogP contribution in [-0.4, -0.2) is 40.8 Å². The molecule has 1 aliphatic heterocycles. The number of sulfonamides is 1. The maximum atomic E-state index is 12.7. The predicted octanol–water partition coefficient (Wildman–Crippen LogP) is 2.95. The van der Waals surface area contributed by atoms with Crippen molar-refractivity contribution >= 4 is 26.0 Å². The van der Waals surface area contributed by atoms with Crippen LogP contribution in [0.4, 0.5) is 0 Å². The van der Waals surface area contributed by atoms with Crippen molar-refractivity contribution in [3.8, 4) is 11.3 Å². The molecule has 0 bridgehead atoms. The highest BCUT2D eigenvalue weighted by Gasteiger charge is 2.39. The van der Waals surface area contributed by atoms with E-state index in [1.54, 1.807) is 28.9 Å². The number of rotatable bonds is 4. The third-order valence-electron chi connectivity index (χ3n) is 4.24. The van der Waals surface area contributed by atoms with E-state index in [0.29, 0.717) is 17.6 Å². The molecule has 0 amide bonds. The first-order chi connectivity index (χ1) is 12.1. The molecular formula is C17H15BrN4O2S. The molecule has 1 fully saturated rings. The van der Waals surface area contributed by atoms with Crippen molar-refractivity contribution in [3.05, 3.63) is 65.3 Å². The SMILES string of the molecule is O=S(=O)(c1ccccc1Br)N1CC(n2cc(-c3ccccc3)nn2)C1. The fourth-order valence-corrected chi connectivity index (χ4v) is 5.25. The van der Waals surface area contributed by atoms with Crippen molar-refractivity contribution in [1.29, 1.82) is 0 Å². The minimum Gasteiger partial charge on any atom is -0.246 e. The average molecular weight is 419 g/mol. The van der Waals surface area contributed by atoms with Crippen LogP contribution in [0.5, 0.6) is 0 Å². The second-order valence-corrected chi connectivity index (χ2v) is 8.62. The van der Waals surface area contributed by atoms with Gasteiger partial charge in [0.25, 0.3) is 0 Å². The monoisotopic (exact) mass is 418 g/mol. The number of hydrogen-bond donors (Lipinski definition) is 0. The Balaban J connectivity index is 1.49. The van der Waals surface area contributed by atoms with Gasteiger partial charge in [0, 0.05) is 23.1 Å². The van der Waals surface area contributed by atoms with Crippen LogP contribution >= 0.6 is 15.9 Å². The number of hydrogen-bond acceptors (Lipinski definition) is 4.